The van der Waals surface area contributed by atoms with Gasteiger partial charge in [-0.3, -0.25) is 4.79 Å². The van der Waals surface area contributed by atoms with Crippen LogP contribution in [0.5, 0.6) is 0 Å². The maximum absolute atomic E-state index is 12.3. The summed E-state index contributed by atoms with van der Waals surface area (Å²) < 4.78 is 5.26. The van der Waals surface area contributed by atoms with Gasteiger partial charge in [0.05, 0.1) is 17.4 Å². The van der Waals surface area contributed by atoms with Gasteiger partial charge in [-0.25, -0.2) is 0 Å². The molecule has 0 amide bonds. The molecule has 3 nitrogen and oxygen atoms in total. The molecule has 2 atom stereocenters. The van der Waals surface area contributed by atoms with Gasteiger partial charge in [0.25, 0.3) is 0 Å². The van der Waals surface area contributed by atoms with Crippen LogP contribution in [-0.2, 0) is 16.0 Å². The number of hydrogen-bond donors (Lipinski definition) is 1. The third kappa shape index (κ3) is 3.51. The third-order valence-corrected chi connectivity index (χ3v) is 4.94. The van der Waals surface area contributed by atoms with Crippen LogP contribution in [0.4, 0.5) is 0 Å². The molecule has 1 aliphatic heterocycles. The van der Waals surface area contributed by atoms with Crippen LogP contribution in [0.15, 0.2) is 30.3 Å². The van der Waals surface area contributed by atoms with Crippen molar-refractivity contribution in [2.75, 3.05) is 18.9 Å². The van der Waals surface area contributed by atoms with Gasteiger partial charge in [0.15, 0.2) is 0 Å². The fraction of sp³-hybridized carbons (Fsp3) is 0.533. The average Bonchev–Trinajstić information content (AvgIpc) is 2.85. The largest absolute Gasteiger partial charge is 0.466 e. The molecular weight excluding hydrogens is 258 g/mol. The van der Waals surface area contributed by atoms with Gasteiger partial charge in [-0.05, 0) is 25.8 Å². The first kappa shape index (κ1) is 14.4. The van der Waals surface area contributed by atoms with Crippen LogP contribution in [-0.4, -0.2) is 29.7 Å². The predicted octanol–water partition coefficient (Wildman–Crippen LogP) is 2.46. The maximum Gasteiger partial charge on any atom is 0.312 e. The lowest BCUT2D eigenvalue weighted by molar-refractivity contribution is -0.149. The molecule has 19 heavy (non-hydrogen) atoms. The number of carbonyl (C=O) groups excluding carboxylic acids is 1. The van der Waals surface area contributed by atoms with Gasteiger partial charge in [0.1, 0.15) is 0 Å². The molecule has 1 aliphatic rings. The van der Waals surface area contributed by atoms with E-state index in [4.69, 9.17) is 4.74 Å². The summed E-state index contributed by atoms with van der Waals surface area (Å²) in [5.74, 6) is 0.791. The topological polar surface area (TPSA) is 38.3 Å². The van der Waals surface area contributed by atoms with E-state index in [2.05, 4.69) is 24.4 Å². The number of nitrogens with one attached hydrogen (secondary N) is 1. The van der Waals surface area contributed by atoms with E-state index in [1.807, 2.05) is 36.9 Å². The molecule has 0 spiro atoms. The van der Waals surface area contributed by atoms with E-state index in [1.54, 1.807) is 0 Å². The number of rotatable bonds is 5. The lowest BCUT2D eigenvalue weighted by Crippen LogP contribution is -2.47. The van der Waals surface area contributed by atoms with Crippen molar-refractivity contribution < 1.29 is 9.53 Å². The second kappa shape index (κ2) is 6.44. The Balaban J connectivity index is 2.17. The highest BCUT2D eigenvalue weighted by molar-refractivity contribution is 8.00. The van der Waals surface area contributed by atoms with Crippen LogP contribution in [0.1, 0.15) is 19.4 Å². The van der Waals surface area contributed by atoms with Crippen molar-refractivity contribution in [1.82, 2.24) is 5.32 Å². The fourth-order valence-electron chi connectivity index (χ4n) is 2.43. The van der Waals surface area contributed by atoms with Gasteiger partial charge in [0.2, 0.25) is 0 Å². The summed E-state index contributed by atoms with van der Waals surface area (Å²) >= 11 is 1.81. The smallest absolute Gasteiger partial charge is 0.312 e. The second-order valence-electron chi connectivity index (χ2n) is 4.88. The van der Waals surface area contributed by atoms with E-state index in [-0.39, 0.29) is 16.8 Å². The first-order valence-corrected chi connectivity index (χ1v) is 7.74. The summed E-state index contributed by atoms with van der Waals surface area (Å²) in [6.45, 7) is 5.35. The van der Waals surface area contributed by atoms with Crippen molar-refractivity contribution in [3.05, 3.63) is 35.9 Å². The molecule has 0 saturated carbocycles. The minimum Gasteiger partial charge on any atom is -0.466 e. The summed E-state index contributed by atoms with van der Waals surface area (Å²) in [6.07, 6.45) is 0.718. The summed E-state index contributed by atoms with van der Waals surface area (Å²) in [6, 6.07) is 10.1. The van der Waals surface area contributed by atoms with Crippen molar-refractivity contribution in [2.24, 2.45) is 5.92 Å². The molecule has 104 valence electrons. The van der Waals surface area contributed by atoms with Crippen LogP contribution in [0.25, 0.3) is 0 Å². The molecule has 0 bridgehead atoms. The molecule has 4 heteroatoms. The SMILES string of the molecule is CCOC(=O)[C@@H](Cc1ccccc1)[C@]1(C)NCCS1. The molecule has 2 rings (SSSR count). The number of hydrogen-bond acceptors (Lipinski definition) is 4. The maximum atomic E-state index is 12.3. The van der Waals surface area contributed by atoms with Crippen molar-refractivity contribution in [3.8, 4) is 0 Å². The third-order valence-electron chi connectivity index (χ3n) is 3.50. The van der Waals surface area contributed by atoms with E-state index >= 15 is 0 Å². The molecule has 0 aromatic heterocycles. The molecule has 1 aromatic rings. The van der Waals surface area contributed by atoms with Crippen molar-refractivity contribution in [3.63, 3.8) is 0 Å². The molecular formula is C15H21NO2S. The van der Waals surface area contributed by atoms with Gasteiger partial charge >= 0.3 is 5.97 Å². The lowest BCUT2D eigenvalue weighted by atomic mass is 9.92. The van der Waals surface area contributed by atoms with Crippen molar-refractivity contribution >= 4 is 17.7 Å². The van der Waals surface area contributed by atoms with Gasteiger partial charge in [-0.15, -0.1) is 11.8 Å². The van der Waals surface area contributed by atoms with Crippen LogP contribution < -0.4 is 5.32 Å². The standard InChI is InChI=1S/C15H21NO2S/c1-3-18-14(17)13(15(2)16-9-10-19-15)11-12-7-5-4-6-8-12/h4-8,13,16H,3,9-11H2,1-2H3/t13-,15-/m1/s1. The molecule has 1 heterocycles. The zero-order valence-electron chi connectivity index (χ0n) is 11.5. The van der Waals surface area contributed by atoms with E-state index in [1.165, 1.54) is 5.56 Å². The number of esters is 1. The second-order valence-corrected chi connectivity index (χ2v) is 6.42. The van der Waals surface area contributed by atoms with E-state index in [9.17, 15) is 4.79 Å². The van der Waals surface area contributed by atoms with Crippen LogP contribution in [0.3, 0.4) is 0 Å². The summed E-state index contributed by atoms with van der Waals surface area (Å²) in [7, 11) is 0. The Labute approximate surface area is 119 Å². The lowest BCUT2D eigenvalue weighted by Gasteiger charge is -2.32. The fourth-order valence-corrected chi connectivity index (χ4v) is 3.65. The number of benzene rings is 1. The molecule has 1 saturated heterocycles. The van der Waals surface area contributed by atoms with Crippen LogP contribution >= 0.6 is 11.8 Å². The highest BCUT2D eigenvalue weighted by Crippen LogP contribution is 2.36. The van der Waals surface area contributed by atoms with E-state index < -0.39 is 0 Å². The van der Waals surface area contributed by atoms with Crippen LogP contribution in [0.2, 0.25) is 0 Å². The molecule has 0 aliphatic carbocycles. The van der Waals surface area contributed by atoms with E-state index in [0.29, 0.717) is 6.61 Å². The Hall–Kier alpha value is -1.00. The normalized spacial score (nSPS) is 24.1. The summed E-state index contributed by atoms with van der Waals surface area (Å²) in [5.41, 5.74) is 1.18. The van der Waals surface area contributed by atoms with E-state index in [0.717, 1.165) is 18.7 Å². The highest BCUT2D eigenvalue weighted by atomic mass is 32.2. The Kier molecular flexibility index (Phi) is 4.88. The number of ether oxygens (including phenoxy) is 1. The number of carbonyl (C=O) groups is 1. The molecule has 1 N–H and O–H groups in total. The zero-order valence-corrected chi connectivity index (χ0v) is 12.3. The van der Waals surface area contributed by atoms with Gasteiger partial charge in [0, 0.05) is 12.3 Å². The summed E-state index contributed by atoms with van der Waals surface area (Å²) in [4.78, 5) is 12.0. The van der Waals surface area contributed by atoms with Crippen molar-refractivity contribution in [2.45, 2.75) is 25.1 Å². The molecule has 0 radical (unpaired) electrons. The van der Waals surface area contributed by atoms with Crippen molar-refractivity contribution in [1.29, 1.82) is 0 Å². The Morgan fingerprint density at radius 2 is 2.21 bits per heavy atom. The first-order chi connectivity index (χ1) is 9.15. The quantitative estimate of drug-likeness (QED) is 0.840. The molecule has 1 aromatic carbocycles. The Morgan fingerprint density at radius 1 is 1.47 bits per heavy atom. The van der Waals surface area contributed by atoms with Crippen LogP contribution in [0, 0.1) is 5.92 Å². The highest BCUT2D eigenvalue weighted by Gasteiger charge is 2.42. The molecule has 0 unspecified atom stereocenters. The minimum absolute atomic E-state index is 0.101. The summed E-state index contributed by atoms with van der Waals surface area (Å²) in [5, 5.41) is 3.45. The average molecular weight is 279 g/mol. The monoisotopic (exact) mass is 279 g/mol. The van der Waals surface area contributed by atoms with Gasteiger partial charge < -0.3 is 10.1 Å². The minimum atomic E-state index is -0.220. The van der Waals surface area contributed by atoms with Gasteiger partial charge in [-0.2, -0.15) is 0 Å². The Bertz CT molecular complexity index is 415. The van der Waals surface area contributed by atoms with Gasteiger partial charge in [-0.1, -0.05) is 30.3 Å². The zero-order chi connectivity index (χ0) is 13.7. The predicted molar refractivity (Wildman–Crippen MR) is 79.1 cm³/mol. The molecule has 1 fully saturated rings. The Morgan fingerprint density at radius 3 is 2.79 bits per heavy atom. The first-order valence-electron chi connectivity index (χ1n) is 6.75. The number of thioether (sulfide) groups is 1.